The van der Waals surface area contributed by atoms with Crippen molar-refractivity contribution in [3.8, 4) is 0 Å². The van der Waals surface area contributed by atoms with Crippen LogP contribution in [0.5, 0.6) is 0 Å². The van der Waals surface area contributed by atoms with E-state index in [0.29, 0.717) is 18.9 Å². The van der Waals surface area contributed by atoms with E-state index in [-0.39, 0.29) is 5.97 Å². The molecule has 1 fully saturated rings. The van der Waals surface area contributed by atoms with E-state index in [2.05, 4.69) is 22.6 Å². The summed E-state index contributed by atoms with van der Waals surface area (Å²) >= 11 is 0. The molecule has 0 amide bonds. The Balaban J connectivity index is 1.78. The van der Waals surface area contributed by atoms with Crippen molar-refractivity contribution in [1.29, 1.82) is 0 Å². The maximum atomic E-state index is 11.0. The van der Waals surface area contributed by atoms with Gasteiger partial charge >= 0.3 is 5.97 Å². The lowest BCUT2D eigenvalue weighted by atomic mass is 10.3. The van der Waals surface area contributed by atoms with Gasteiger partial charge in [0.15, 0.2) is 0 Å². The van der Waals surface area contributed by atoms with E-state index in [0.717, 1.165) is 24.0 Å². The van der Waals surface area contributed by atoms with Gasteiger partial charge in [-0.3, -0.25) is 9.69 Å². The van der Waals surface area contributed by atoms with Gasteiger partial charge in [-0.05, 0) is 31.5 Å². The minimum Gasteiger partial charge on any atom is -0.469 e. The minimum atomic E-state index is -0.172. The van der Waals surface area contributed by atoms with Gasteiger partial charge in [-0.1, -0.05) is 6.92 Å². The number of nitrogens with zero attached hydrogens (tertiary/aromatic N) is 1. The lowest BCUT2D eigenvalue weighted by molar-refractivity contribution is -0.140. The monoisotopic (exact) mass is 251 g/mol. The Hall–Kier alpha value is -1.29. The predicted molar refractivity (Wildman–Crippen MR) is 68.2 cm³/mol. The van der Waals surface area contributed by atoms with E-state index in [1.165, 1.54) is 13.5 Å². The molecule has 0 N–H and O–H groups in total. The van der Waals surface area contributed by atoms with Crippen LogP contribution in [0, 0.1) is 5.92 Å². The van der Waals surface area contributed by atoms with Crippen LogP contribution in [-0.2, 0) is 16.1 Å². The number of ether oxygens (including phenoxy) is 1. The number of furan rings is 1. The number of carbonyl (C=O) groups is 1. The fourth-order valence-corrected chi connectivity index (χ4v) is 2.13. The number of methoxy groups -OCH3 is 1. The van der Waals surface area contributed by atoms with Crippen molar-refractivity contribution < 1.29 is 13.9 Å². The summed E-state index contributed by atoms with van der Waals surface area (Å²) in [5, 5.41) is 0. The Kier molecular flexibility index (Phi) is 4.07. The summed E-state index contributed by atoms with van der Waals surface area (Å²) in [5.74, 6) is 3.30. The van der Waals surface area contributed by atoms with E-state index < -0.39 is 0 Å². The van der Waals surface area contributed by atoms with E-state index in [1.807, 2.05) is 13.1 Å². The number of rotatable bonds is 6. The van der Waals surface area contributed by atoms with Gasteiger partial charge in [0.2, 0.25) is 0 Å². The number of carbonyl (C=O) groups excluding carboxylic acids is 1. The van der Waals surface area contributed by atoms with Crippen LogP contribution in [0.4, 0.5) is 0 Å². The van der Waals surface area contributed by atoms with E-state index in [9.17, 15) is 4.79 Å². The van der Waals surface area contributed by atoms with E-state index >= 15 is 0 Å². The third-order valence-corrected chi connectivity index (χ3v) is 3.51. The van der Waals surface area contributed by atoms with Gasteiger partial charge in [0.05, 0.1) is 20.1 Å². The second-order valence-corrected chi connectivity index (χ2v) is 5.19. The molecular weight excluding hydrogens is 230 g/mol. The molecule has 0 unspecified atom stereocenters. The molecule has 0 aromatic carbocycles. The fraction of sp³-hybridized carbons (Fsp3) is 0.643. The van der Waals surface area contributed by atoms with E-state index in [4.69, 9.17) is 4.42 Å². The van der Waals surface area contributed by atoms with Crippen molar-refractivity contribution in [2.24, 2.45) is 5.92 Å². The van der Waals surface area contributed by atoms with Crippen molar-refractivity contribution in [3.05, 3.63) is 23.7 Å². The predicted octanol–water partition coefficient (Wildman–Crippen LogP) is 2.40. The summed E-state index contributed by atoms with van der Waals surface area (Å²) in [6.07, 6.45) is 1.66. The quantitative estimate of drug-likeness (QED) is 0.728. The van der Waals surface area contributed by atoms with Gasteiger partial charge in [-0.2, -0.15) is 0 Å². The molecule has 0 spiro atoms. The Morgan fingerprint density at radius 2 is 2.28 bits per heavy atom. The summed E-state index contributed by atoms with van der Waals surface area (Å²) in [4.78, 5) is 13.1. The maximum Gasteiger partial charge on any atom is 0.306 e. The number of hydrogen-bond acceptors (Lipinski definition) is 4. The van der Waals surface area contributed by atoms with Crippen molar-refractivity contribution in [2.45, 2.75) is 32.2 Å². The van der Waals surface area contributed by atoms with Crippen molar-refractivity contribution in [3.63, 3.8) is 0 Å². The molecule has 0 saturated heterocycles. The number of hydrogen-bond donors (Lipinski definition) is 0. The number of esters is 1. The first-order chi connectivity index (χ1) is 8.60. The molecule has 1 aromatic heterocycles. The van der Waals surface area contributed by atoms with Gasteiger partial charge in [-0.25, -0.2) is 0 Å². The molecule has 0 radical (unpaired) electrons. The standard InChI is InChI=1S/C14H21NO3/c1-10-8-12(10)13-5-4-11(18-13)9-15(2)7-6-14(16)17-3/h4-5,10,12H,6-9H2,1-3H3/t10-,12+/m0/s1. The zero-order valence-electron chi connectivity index (χ0n) is 11.3. The summed E-state index contributed by atoms with van der Waals surface area (Å²) in [6, 6.07) is 4.12. The average molecular weight is 251 g/mol. The Labute approximate surface area is 108 Å². The zero-order valence-corrected chi connectivity index (χ0v) is 11.3. The summed E-state index contributed by atoms with van der Waals surface area (Å²) in [6.45, 7) is 3.66. The van der Waals surface area contributed by atoms with Gasteiger partial charge in [0, 0.05) is 12.5 Å². The second kappa shape index (κ2) is 5.57. The van der Waals surface area contributed by atoms with Crippen molar-refractivity contribution >= 4 is 5.97 Å². The van der Waals surface area contributed by atoms with Gasteiger partial charge < -0.3 is 9.15 Å². The third kappa shape index (κ3) is 3.35. The van der Waals surface area contributed by atoms with Crippen LogP contribution >= 0.6 is 0 Å². The van der Waals surface area contributed by atoms with Gasteiger partial charge in [0.25, 0.3) is 0 Å². The molecule has 0 bridgehead atoms. The first-order valence-electron chi connectivity index (χ1n) is 6.44. The highest BCUT2D eigenvalue weighted by atomic mass is 16.5. The first kappa shape index (κ1) is 13.1. The molecule has 1 aliphatic rings. The molecule has 2 atom stereocenters. The molecule has 4 heteroatoms. The maximum absolute atomic E-state index is 11.0. The third-order valence-electron chi connectivity index (χ3n) is 3.51. The van der Waals surface area contributed by atoms with Crippen LogP contribution in [-0.4, -0.2) is 31.6 Å². The van der Waals surface area contributed by atoms with Crippen molar-refractivity contribution in [2.75, 3.05) is 20.7 Å². The molecule has 1 saturated carbocycles. The van der Waals surface area contributed by atoms with Crippen LogP contribution in [0.1, 0.15) is 37.2 Å². The summed E-state index contributed by atoms with van der Waals surface area (Å²) < 4.78 is 10.4. The van der Waals surface area contributed by atoms with Crippen LogP contribution < -0.4 is 0 Å². The SMILES string of the molecule is COC(=O)CCN(C)Cc1ccc([C@@H]2C[C@@H]2C)o1. The van der Waals surface area contributed by atoms with Crippen molar-refractivity contribution in [1.82, 2.24) is 4.90 Å². The van der Waals surface area contributed by atoms with E-state index in [1.54, 1.807) is 0 Å². The van der Waals surface area contributed by atoms with Crippen LogP contribution in [0.15, 0.2) is 16.5 Å². The highest BCUT2D eigenvalue weighted by Gasteiger charge is 2.36. The largest absolute Gasteiger partial charge is 0.469 e. The molecule has 1 aromatic rings. The molecular formula is C14H21NO3. The topological polar surface area (TPSA) is 42.7 Å². The minimum absolute atomic E-state index is 0.172. The lowest BCUT2D eigenvalue weighted by Gasteiger charge is -2.13. The molecule has 18 heavy (non-hydrogen) atoms. The molecule has 1 aliphatic carbocycles. The molecule has 2 rings (SSSR count). The Morgan fingerprint density at radius 1 is 1.56 bits per heavy atom. The fourth-order valence-electron chi connectivity index (χ4n) is 2.13. The highest BCUT2D eigenvalue weighted by Crippen LogP contribution is 2.47. The highest BCUT2D eigenvalue weighted by molar-refractivity contribution is 5.69. The van der Waals surface area contributed by atoms with Crippen LogP contribution in [0.25, 0.3) is 0 Å². The Bertz CT molecular complexity index is 413. The summed E-state index contributed by atoms with van der Waals surface area (Å²) in [7, 11) is 3.39. The van der Waals surface area contributed by atoms with Gasteiger partial charge in [0.1, 0.15) is 11.5 Å². The smallest absolute Gasteiger partial charge is 0.306 e. The van der Waals surface area contributed by atoms with Crippen LogP contribution in [0.3, 0.4) is 0 Å². The zero-order chi connectivity index (χ0) is 13.1. The van der Waals surface area contributed by atoms with Crippen LogP contribution in [0.2, 0.25) is 0 Å². The molecule has 100 valence electrons. The average Bonchev–Trinajstić information content (AvgIpc) is 2.89. The lowest BCUT2D eigenvalue weighted by Crippen LogP contribution is -2.21. The normalized spacial score (nSPS) is 22.2. The van der Waals surface area contributed by atoms with Gasteiger partial charge in [-0.15, -0.1) is 0 Å². The summed E-state index contributed by atoms with van der Waals surface area (Å²) in [5.41, 5.74) is 0. The Morgan fingerprint density at radius 3 is 2.89 bits per heavy atom. The molecule has 0 aliphatic heterocycles. The second-order valence-electron chi connectivity index (χ2n) is 5.19. The first-order valence-corrected chi connectivity index (χ1v) is 6.44. The molecule has 4 nitrogen and oxygen atoms in total. The molecule has 1 heterocycles.